The van der Waals surface area contributed by atoms with E-state index in [2.05, 4.69) is 29.1 Å². The predicted octanol–water partition coefficient (Wildman–Crippen LogP) is 3.06. The van der Waals surface area contributed by atoms with Crippen molar-refractivity contribution in [3.05, 3.63) is 41.7 Å². The Balaban J connectivity index is 1.63. The van der Waals surface area contributed by atoms with Crippen LogP contribution < -0.4 is 5.32 Å². The van der Waals surface area contributed by atoms with E-state index < -0.39 is 0 Å². The van der Waals surface area contributed by atoms with Crippen molar-refractivity contribution >= 4 is 22.9 Å². The Labute approximate surface area is 156 Å². The maximum Gasteiger partial charge on any atom is 0.273 e. The maximum absolute atomic E-state index is 13.2. The van der Waals surface area contributed by atoms with Crippen LogP contribution in [0.1, 0.15) is 37.2 Å². The molecule has 1 aliphatic heterocycles. The van der Waals surface area contributed by atoms with E-state index in [1.807, 2.05) is 45.3 Å². The van der Waals surface area contributed by atoms with Gasteiger partial charge in [-0.3, -0.25) is 9.20 Å². The smallest absolute Gasteiger partial charge is 0.273 e. The maximum atomic E-state index is 13.2. The minimum atomic E-state index is 0.0308. The summed E-state index contributed by atoms with van der Waals surface area (Å²) in [4.78, 5) is 24.2. The Hall–Kier alpha value is -2.25. The first-order valence-electron chi connectivity index (χ1n) is 9.06. The van der Waals surface area contributed by atoms with E-state index in [1.54, 1.807) is 0 Å². The molecular weight excluding hydrogens is 346 g/mol. The lowest BCUT2D eigenvalue weighted by Gasteiger charge is -2.37. The van der Waals surface area contributed by atoms with Crippen LogP contribution in [0.5, 0.6) is 0 Å². The molecule has 1 fully saturated rings. The van der Waals surface area contributed by atoms with Gasteiger partial charge in [0.2, 0.25) is 0 Å². The topological polar surface area (TPSA) is 62.5 Å². The zero-order valence-electron chi connectivity index (χ0n) is 15.1. The standard InChI is InChI=1S/C19H23N5OS/c1-13(2)24(14-6-8-20-9-7-14)19(25)15-12-26-18(22-15)16-11-21-17-5-3-4-10-23(16)17/h3-5,10-14,20H,6-9H2,1-2H3. The number of carbonyl (C=O) groups is 1. The number of hydrogen-bond acceptors (Lipinski definition) is 5. The lowest BCUT2D eigenvalue weighted by Crippen LogP contribution is -2.49. The second-order valence-corrected chi connectivity index (χ2v) is 7.76. The zero-order chi connectivity index (χ0) is 18.1. The number of fused-ring (bicyclic) bond motifs is 1. The first kappa shape index (κ1) is 17.2. The van der Waals surface area contributed by atoms with Gasteiger partial charge < -0.3 is 10.2 Å². The van der Waals surface area contributed by atoms with Gasteiger partial charge in [0.05, 0.1) is 6.20 Å². The Morgan fingerprint density at radius 2 is 2.15 bits per heavy atom. The van der Waals surface area contributed by atoms with E-state index in [0.717, 1.165) is 42.3 Å². The van der Waals surface area contributed by atoms with Gasteiger partial charge in [-0.1, -0.05) is 6.07 Å². The molecule has 7 heteroatoms. The van der Waals surface area contributed by atoms with Crippen LogP contribution in [0.4, 0.5) is 0 Å². The summed E-state index contributed by atoms with van der Waals surface area (Å²) in [5, 5.41) is 6.06. The van der Waals surface area contributed by atoms with Gasteiger partial charge in [0.1, 0.15) is 22.0 Å². The number of carbonyl (C=O) groups excluding carboxylic acids is 1. The third-order valence-electron chi connectivity index (χ3n) is 4.85. The average molecular weight is 369 g/mol. The summed E-state index contributed by atoms with van der Waals surface area (Å²) < 4.78 is 2.00. The summed E-state index contributed by atoms with van der Waals surface area (Å²) in [7, 11) is 0. The number of piperidine rings is 1. The molecule has 0 unspecified atom stereocenters. The highest BCUT2D eigenvalue weighted by Crippen LogP contribution is 2.26. The highest BCUT2D eigenvalue weighted by molar-refractivity contribution is 7.13. The fraction of sp³-hybridized carbons (Fsp3) is 0.421. The van der Waals surface area contributed by atoms with Crippen molar-refractivity contribution in [3.63, 3.8) is 0 Å². The molecule has 3 aromatic rings. The number of nitrogens with one attached hydrogen (secondary N) is 1. The molecule has 26 heavy (non-hydrogen) atoms. The lowest BCUT2D eigenvalue weighted by atomic mass is 10.0. The molecule has 136 valence electrons. The molecule has 0 saturated carbocycles. The van der Waals surface area contributed by atoms with Crippen molar-refractivity contribution in [3.8, 4) is 10.7 Å². The fourth-order valence-corrected chi connectivity index (χ4v) is 4.42. The molecular formula is C19H23N5OS. The Morgan fingerprint density at radius 1 is 1.35 bits per heavy atom. The van der Waals surface area contributed by atoms with Crippen LogP contribution in [-0.4, -0.2) is 50.3 Å². The van der Waals surface area contributed by atoms with E-state index >= 15 is 0 Å². The van der Waals surface area contributed by atoms with Gasteiger partial charge in [0, 0.05) is 23.7 Å². The molecule has 0 spiro atoms. The van der Waals surface area contributed by atoms with E-state index in [1.165, 1.54) is 11.3 Å². The van der Waals surface area contributed by atoms with Gasteiger partial charge in [-0.15, -0.1) is 11.3 Å². The second-order valence-electron chi connectivity index (χ2n) is 6.90. The molecule has 1 N–H and O–H groups in total. The molecule has 1 saturated heterocycles. The molecule has 6 nitrogen and oxygen atoms in total. The highest BCUT2D eigenvalue weighted by atomic mass is 32.1. The summed E-state index contributed by atoms with van der Waals surface area (Å²) in [6, 6.07) is 6.33. The SMILES string of the molecule is CC(C)N(C(=O)c1csc(-c2cnc3ccccn23)n1)C1CCNCC1. The van der Waals surface area contributed by atoms with Crippen molar-refractivity contribution < 1.29 is 4.79 Å². The van der Waals surface area contributed by atoms with Crippen LogP contribution in [-0.2, 0) is 0 Å². The molecule has 0 atom stereocenters. The summed E-state index contributed by atoms with van der Waals surface area (Å²) in [6.07, 6.45) is 5.77. The number of amides is 1. The van der Waals surface area contributed by atoms with Crippen molar-refractivity contribution in [1.82, 2.24) is 24.6 Å². The van der Waals surface area contributed by atoms with Crippen LogP contribution in [0.25, 0.3) is 16.3 Å². The van der Waals surface area contributed by atoms with E-state index in [4.69, 9.17) is 0 Å². The highest BCUT2D eigenvalue weighted by Gasteiger charge is 2.29. The summed E-state index contributed by atoms with van der Waals surface area (Å²) in [6.45, 7) is 6.09. The van der Waals surface area contributed by atoms with Gasteiger partial charge in [0.25, 0.3) is 5.91 Å². The minimum absolute atomic E-state index is 0.0308. The monoisotopic (exact) mass is 369 g/mol. The number of hydrogen-bond donors (Lipinski definition) is 1. The van der Waals surface area contributed by atoms with Crippen molar-refractivity contribution in [1.29, 1.82) is 0 Å². The van der Waals surface area contributed by atoms with E-state index in [0.29, 0.717) is 5.69 Å². The van der Waals surface area contributed by atoms with Crippen molar-refractivity contribution in [2.45, 2.75) is 38.8 Å². The second kappa shape index (κ2) is 7.17. The van der Waals surface area contributed by atoms with Crippen LogP contribution in [0, 0.1) is 0 Å². The third-order valence-corrected chi connectivity index (χ3v) is 5.72. The minimum Gasteiger partial charge on any atom is -0.332 e. The van der Waals surface area contributed by atoms with E-state index in [-0.39, 0.29) is 18.0 Å². The molecule has 0 aliphatic carbocycles. The van der Waals surface area contributed by atoms with Gasteiger partial charge in [0.15, 0.2) is 0 Å². The molecule has 4 heterocycles. The van der Waals surface area contributed by atoms with Gasteiger partial charge in [-0.05, 0) is 51.9 Å². The van der Waals surface area contributed by atoms with Gasteiger partial charge >= 0.3 is 0 Å². The first-order valence-corrected chi connectivity index (χ1v) is 9.94. The van der Waals surface area contributed by atoms with Crippen LogP contribution in [0.15, 0.2) is 36.0 Å². The molecule has 1 aliphatic rings. The van der Waals surface area contributed by atoms with Crippen LogP contribution >= 0.6 is 11.3 Å². The molecule has 3 aromatic heterocycles. The fourth-order valence-electron chi connectivity index (χ4n) is 3.62. The van der Waals surface area contributed by atoms with Crippen LogP contribution in [0.2, 0.25) is 0 Å². The van der Waals surface area contributed by atoms with Gasteiger partial charge in [-0.25, -0.2) is 9.97 Å². The summed E-state index contributed by atoms with van der Waals surface area (Å²) in [5.74, 6) is 0.0308. The third kappa shape index (κ3) is 3.12. The van der Waals surface area contributed by atoms with Crippen molar-refractivity contribution in [2.24, 2.45) is 0 Å². The number of imidazole rings is 1. The molecule has 4 rings (SSSR count). The first-order chi connectivity index (χ1) is 12.6. The molecule has 0 aromatic carbocycles. The average Bonchev–Trinajstić information content (AvgIpc) is 3.29. The zero-order valence-corrected chi connectivity index (χ0v) is 15.9. The van der Waals surface area contributed by atoms with Gasteiger partial charge in [-0.2, -0.15) is 0 Å². The lowest BCUT2D eigenvalue weighted by molar-refractivity contribution is 0.0560. The quantitative estimate of drug-likeness (QED) is 0.768. The van der Waals surface area contributed by atoms with Crippen LogP contribution in [0.3, 0.4) is 0 Å². The Bertz CT molecular complexity index is 909. The summed E-state index contributed by atoms with van der Waals surface area (Å²) >= 11 is 1.49. The number of nitrogens with zero attached hydrogens (tertiary/aromatic N) is 4. The van der Waals surface area contributed by atoms with Crippen molar-refractivity contribution in [2.75, 3.05) is 13.1 Å². The predicted molar refractivity (Wildman–Crippen MR) is 103 cm³/mol. The summed E-state index contributed by atoms with van der Waals surface area (Å²) in [5.41, 5.74) is 2.33. The largest absolute Gasteiger partial charge is 0.332 e. The number of aromatic nitrogens is 3. The number of rotatable bonds is 4. The Kier molecular flexibility index (Phi) is 4.74. The normalized spacial score (nSPS) is 15.7. The Morgan fingerprint density at radius 3 is 2.92 bits per heavy atom. The number of pyridine rings is 1. The number of thiazole rings is 1. The molecule has 0 radical (unpaired) electrons. The van der Waals surface area contributed by atoms with E-state index in [9.17, 15) is 4.79 Å². The molecule has 0 bridgehead atoms. The molecule has 1 amide bonds.